The van der Waals surface area contributed by atoms with Crippen molar-refractivity contribution in [2.45, 2.75) is 6.92 Å². The molecule has 7 rings (SSSR count). The van der Waals surface area contributed by atoms with Gasteiger partial charge < -0.3 is 0 Å². The second kappa shape index (κ2) is 9.83. The van der Waals surface area contributed by atoms with Crippen molar-refractivity contribution in [2.24, 2.45) is 0 Å². The molecule has 0 spiro atoms. The summed E-state index contributed by atoms with van der Waals surface area (Å²) in [4.78, 5) is 4.99. The highest BCUT2D eigenvalue weighted by Gasteiger charge is 2.15. The molecule has 0 aliphatic heterocycles. The van der Waals surface area contributed by atoms with Crippen LogP contribution in [0.4, 0.5) is 0 Å². The summed E-state index contributed by atoms with van der Waals surface area (Å²) in [6, 6.07) is 43.3. The fourth-order valence-electron chi connectivity index (χ4n) is 5.73. The first-order valence-electron chi connectivity index (χ1n) is 13.6. The molecule has 0 radical (unpaired) electrons. The zero-order valence-corrected chi connectivity index (χ0v) is 22.4. The van der Waals surface area contributed by atoms with E-state index in [1.807, 2.05) is 24.3 Å². The third-order valence-corrected chi connectivity index (χ3v) is 7.71. The quantitative estimate of drug-likeness (QED) is 0.166. The molecule has 0 atom stereocenters. The lowest BCUT2D eigenvalue weighted by Gasteiger charge is -2.13. The monoisotopic (exact) mass is 512 g/mol. The van der Waals surface area contributed by atoms with Gasteiger partial charge in [-0.1, -0.05) is 116 Å². The molecule has 0 fully saturated rings. The van der Waals surface area contributed by atoms with Crippen LogP contribution in [-0.4, -0.2) is 9.55 Å². The molecule has 40 heavy (non-hydrogen) atoms. The van der Waals surface area contributed by atoms with E-state index < -0.39 is 0 Å². The normalized spacial score (nSPS) is 11.6. The summed E-state index contributed by atoms with van der Waals surface area (Å²) in [6.45, 7) is 5.99. The Hall–Kier alpha value is -5.21. The molecule has 0 amide bonds. The maximum atomic E-state index is 4.99. The van der Waals surface area contributed by atoms with Crippen LogP contribution in [0.2, 0.25) is 0 Å². The van der Waals surface area contributed by atoms with Gasteiger partial charge in [0.1, 0.15) is 5.82 Å². The highest BCUT2D eigenvalue weighted by molar-refractivity contribution is 6.12. The van der Waals surface area contributed by atoms with Crippen LogP contribution in [0.3, 0.4) is 0 Å². The van der Waals surface area contributed by atoms with Gasteiger partial charge in [-0.25, -0.2) is 4.98 Å². The number of rotatable bonds is 5. The molecular formula is C38H28N2. The first-order chi connectivity index (χ1) is 19.7. The Morgan fingerprint density at radius 3 is 2.30 bits per heavy atom. The lowest BCUT2D eigenvalue weighted by molar-refractivity contribution is 1.10. The summed E-state index contributed by atoms with van der Waals surface area (Å²) in [6.07, 6.45) is 5.95. The van der Waals surface area contributed by atoms with E-state index >= 15 is 0 Å². The third-order valence-electron chi connectivity index (χ3n) is 7.71. The van der Waals surface area contributed by atoms with Crippen LogP contribution >= 0.6 is 0 Å². The second-order valence-corrected chi connectivity index (χ2v) is 10.2. The molecule has 190 valence electrons. The largest absolute Gasteiger partial charge is 0.292 e. The van der Waals surface area contributed by atoms with Crippen LogP contribution in [0.25, 0.3) is 66.9 Å². The van der Waals surface area contributed by atoms with Crippen molar-refractivity contribution in [3.63, 3.8) is 0 Å². The summed E-state index contributed by atoms with van der Waals surface area (Å²) in [5.41, 5.74) is 9.19. The van der Waals surface area contributed by atoms with Gasteiger partial charge in [0.25, 0.3) is 0 Å². The number of fused-ring (bicyclic) bond motifs is 4. The van der Waals surface area contributed by atoms with Crippen molar-refractivity contribution in [3.8, 4) is 28.2 Å². The first kappa shape index (κ1) is 23.9. The van der Waals surface area contributed by atoms with E-state index in [0.29, 0.717) is 0 Å². The molecule has 7 aromatic rings. The van der Waals surface area contributed by atoms with E-state index in [1.54, 1.807) is 0 Å². The number of para-hydroxylation sites is 2. The molecule has 1 heterocycles. The predicted molar refractivity (Wildman–Crippen MR) is 171 cm³/mol. The fourth-order valence-corrected chi connectivity index (χ4v) is 5.73. The van der Waals surface area contributed by atoms with Gasteiger partial charge in [-0.05, 0) is 81.1 Å². The summed E-state index contributed by atoms with van der Waals surface area (Å²) in [5, 5.41) is 5.04. The van der Waals surface area contributed by atoms with Gasteiger partial charge in [0, 0.05) is 11.3 Å². The Morgan fingerprint density at radius 2 is 1.48 bits per heavy atom. The lowest BCUT2D eigenvalue weighted by Crippen LogP contribution is -1.97. The van der Waals surface area contributed by atoms with Crippen LogP contribution in [-0.2, 0) is 0 Å². The minimum absolute atomic E-state index is 0.947. The van der Waals surface area contributed by atoms with Crippen molar-refractivity contribution in [2.75, 3.05) is 0 Å². The van der Waals surface area contributed by atoms with Crippen LogP contribution < -0.4 is 0 Å². The van der Waals surface area contributed by atoms with Gasteiger partial charge >= 0.3 is 0 Å². The summed E-state index contributed by atoms with van der Waals surface area (Å²) in [5.74, 6) is 0.947. The van der Waals surface area contributed by atoms with E-state index in [1.165, 1.54) is 43.8 Å². The number of allylic oxidation sites excluding steroid dienone is 2. The average Bonchev–Trinajstić information content (AvgIpc) is 3.40. The van der Waals surface area contributed by atoms with Gasteiger partial charge in [0.05, 0.1) is 11.0 Å². The molecule has 2 nitrogen and oxygen atoms in total. The number of imidazole rings is 1. The molecule has 0 N–H and O–H groups in total. The number of benzene rings is 6. The predicted octanol–water partition coefficient (Wildman–Crippen LogP) is 10.2. The highest BCUT2D eigenvalue weighted by atomic mass is 15.1. The molecule has 0 bridgehead atoms. The van der Waals surface area contributed by atoms with Crippen LogP contribution in [0.5, 0.6) is 0 Å². The van der Waals surface area contributed by atoms with E-state index in [0.717, 1.165) is 28.1 Å². The zero-order valence-electron chi connectivity index (χ0n) is 22.4. The van der Waals surface area contributed by atoms with Gasteiger partial charge in [-0.15, -0.1) is 0 Å². The number of hydrogen-bond donors (Lipinski definition) is 0. The summed E-state index contributed by atoms with van der Waals surface area (Å²) in [7, 11) is 0. The minimum Gasteiger partial charge on any atom is -0.292 e. The maximum Gasteiger partial charge on any atom is 0.145 e. The zero-order chi connectivity index (χ0) is 27.1. The minimum atomic E-state index is 0.947. The average molecular weight is 513 g/mol. The SMILES string of the molecule is C=C/C=C\c1cc2c(ccc3c(-c4ccc(-n5c(-c6ccccc6)nc6ccccc65)cc4)cccc32)cc1C. The molecule has 0 saturated heterocycles. The standard InChI is InChI=1S/C38H28N2/c1-3-4-11-29-25-35-30(24-26(29)2)20-23-34-32(14-10-15-33(34)35)27-18-21-31(22-19-27)40-37-17-9-8-16-36(37)39-38(40)28-12-6-5-7-13-28/h3-25H,1H2,2H3/b11-4-. The molecule has 1 aromatic heterocycles. The molecule has 0 saturated carbocycles. The molecule has 0 aliphatic carbocycles. The summed E-state index contributed by atoms with van der Waals surface area (Å²) < 4.78 is 2.26. The Labute approximate surface area is 234 Å². The molecule has 6 aromatic carbocycles. The number of aromatic nitrogens is 2. The second-order valence-electron chi connectivity index (χ2n) is 10.2. The Kier molecular flexibility index (Phi) is 5.87. The van der Waals surface area contributed by atoms with Crippen molar-refractivity contribution < 1.29 is 0 Å². The highest BCUT2D eigenvalue weighted by Crippen LogP contribution is 2.36. The van der Waals surface area contributed by atoms with Crippen molar-refractivity contribution in [3.05, 3.63) is 151 Å². The third kappa shape index (κ3) is 4.02. The Bertz CT molecular complexity index is 2060. The molecule has 2 heteroatoms. The van der Waals surface area contributed by atoms with Gasteiger partial charge in [0.15, 0.2) is 0 Å². The lowest BCUT2D eigenvalue weighted by atomic mass is 9.92. The summed E-state index contributed by atoms with van der Waals surface area (Å²) >= 11 is 0. The Balaban J connectivity index is 1.36. The molecule has 0 aliphatic rings. The van der Waals surface area contributed by atoms with Crippen molar-refractivity contribution >= 4 is 38.7 Å². The number of nitrogens with zero attached hydrogens (tertiary/aromatic N) is 2. The fraction of sp³-hybridized carbons (Fsp3) is 0.0263. The first-order valence-corrected chi connectivity index (χ1v) is 13.6. The van der Waals surface area contributed by atoms with E-state index in [4.69, 9.17) is 4.98 Å². The van der Waals surface area contributed by atoms with Crippen molar-refractivity contribution in [1.82, 2.24) is 9.55 Å². The van der Waals surface area contributed by atoms with Gasteiger partial charge in [-0.3, -0.25) is 4.57 Å². The van der Waals surface area contributed by atoms with E-state index in [9.17, 15) is 0 Å². The van der Waals surface area contributed by atoms with Gasteiger partial charge in [-0.2, -0.15) is 0 Å². The van der Waals surface area contributed by atoms with E-state index in [2.05, 4.69) is 133 Å². The van der Waals surface area contributed by atoms with Crippen LogP contribution in [0.1, 0.15) is 11.1 Å². The smallest absolute Gasteiger partial charge is 0.145 e. The number of hydrogen-bond acceptors (Lipinski definition) is 1. The maximum absolute atomic E-state index is 4.99. The Morgan fingerprint density at radius 1 is 0.675 bits per heavy atom. The van der Waals surface area contributed by atoms with Crippen LogP contribution in [0, 0.1) is 6.92 Å². The molecule has 0 unspecified atom stereocenters. The topological polar surface area (TPSA) is 17.8 Å². The van der Waals surface area contributed by atoms with Gasteiger partial charge in [0.2, 0.25) is 0 Å². The molecular weight excluding hydrogens is 484 g/mol. The van der Waals surface area contributed by atoms with E-state index in [-0.39, 0.29) is 0 Å². The number of aryl methyl sites for hydroxylation is 1. The van der Waals surface area contributed by atoms with Crippen LogP contribution in [0.15, 0.2) is 140 Å². The van der Waals surface area contributed by atoms with Crippen molar-refractivity contribution in [1.29, 1.82) is 0 Å².